The maximum Gasteiger partial charge on any atom is 0.280 e. The van der Waals surface area contributed by atoms with Crippen molar-refractivity contribution in [3.63, 3.8) is 0 Å². The van der Waals surface area contributed by atoms with E-state index in [1.54, 1.807) is 12.1 Å². The Morgan fingerprint density at radius 1 is 1.44 bits per heavy atom. The molecule has 1 N–H and O–H groups in total. The topological polar surface area (TPSA) is 70.5 Å². The summed E-state index contributed by atoms with van der Waals surface area (Å²) in [5, 5.41) is 9.13. The van der Waals surface area contributed by atoms with Crippen LogP contribution in [0.5, 0.6) is 0 Å². The van der Waals surface area contributed by atoms with E-state index < -0.39 is 11.9 Å². The van der Waals surface area contributed by atoms with Crippen LogP contribution in [-0.4, -0.2) is 39.5 Å². The Morgan fingerprint density at radius 3 is 2.75 bits per heavy atom. The summed E-state index contributed by atoms with van der Waals surface area (Å²) < 4.78 is 0. The van der Waals surface area contributed by atoms with Gasteiger partial charge in [0.2, 0.25) is 0 Å². The summed E-state index contributed by atoms with van der Waals surface area (Å²) in [6, 6.07) is 2.73. The molecule has 16 heavy (non-hydrogen) atoms. The molecule has 2 amide bonds. The van der Waals surface area contributed by atoms with Crippen LogP contribution in [0.4, 0.5) is 0 Å². The van der Waals surface area contributed by atoms with E-state index >= 15 is 0 Å². The Kier molecular flexibility index (Phi) is 2.70. The zero-order valence-electron chi connectivity index (χ0n) is 8.88. The van der Waals surface area contributed by atoms with Crippen LogP contribution in [0.3, 0.4) is 0 Å². The van der Waals surface area contributed by atoms with Crippen LogP contribution >= 0.6 is 0 Å². The predicted molar refractivity (Wildman–Crippen MR) is 55.9 cm³/mol. The number of aliphatic hydroxyl groups is 1. The highest BCUT2D eigenvalue weighted by Crippen LogP contribution is 2.23. The molecule has 1 unspecified atom stereocenters. The van der Waals surface area contributed by atoms with E-state index in [4.69, 9.17) is 5.11 Å². The molecule has 0 aliphatic carbocycles. The van der Waals surface area contributed by atoms with Gasteiger partial charge in [0.25, 0.3) is 11.8 Å². The molecule has 0 spiro atoms. The van der Waals surface area contributed by atoms with Gasteiger partial charge in [-0.05, 0) is 18.6 Å². The Bertz CT molecular complexity index is 406. The lowest BCUT2D eigenvalue weighted by molar-refractivity contribution is 0.0509. The third-order valence-corrected chi connectivity index (χ3v) is 2.73. The molecule has 0 bridgehead atoms. The van der Waals surface area contributed by atoms with Crippen LogP contribution in [-0.2, 0) is 0 Å². The molecule has 1 aromatic heterocycles. The molecule has 0 fully saturated rings. The fraction of sp³-hybridized carbons (Fsp3) is 0.364. The Hall–Kier alpha value is -1.75. The number of pyridine rings is 1. The van der Waals surface area contributed by atoms with E-state index in [1.165, 1.54) is 6.20 Å². The second-order valence-corrected chi connectivity index (χ2v) is 3.62. The quantitative estimate of drug-likeness (QED) is 0.751. The van der Waals surface area contributed by atoms with Crippen molar-refractivity contribution in [2.24, 2.45) is 0 Å². The van der Waals surface area contributed by atoms with E-state index in [1.807, 2.05) is 6.92 Å². The monoisotopic (exact) mass is 220 g/mol. The van der Waals surface area contributed by atoms with Gasteiger partial charge in [0, 0.05) is 6.20 Å². The van der Waals surface area contributed by atoms with Gasteiger partial charge in [0.15, 0.2) is 0 Å². The van der Waals surface area contributed by atoms with Gasteiger partial charge in [-0.3, -0.25) is 19.5 Å². The standard InChI is InChI=1S/C11H12N2O3/c1-2-7(6-14)13-10(15)8-4-3-5-12-9(8)11(13)16/h3-5,7,14H,2,6H2,1H3. The lowest BCUT2D eigenvalue weighted by atomic mass is 10.2. The van der Waals surface area contributed by atoms with Crippen molar-refractivity contribution in [2.75, 3.05) is 6.61 Å². The molecule has 84 valence electrons. The van der Waals surface area contributed by atoms with Gasteiger partial charge in [-0.25, -0.2) is 0 Å². The summed E-state index contributed by atoms with van der Waals surface area (Å²) in [5.74, 6) is -0.782. The molecule has 5 heteroatoms. The fourth-order valence-electron chi connectivity index (χ4n) is 1.81. The minimum Gasteiger partial charge on any atom is -0.394 e. The number of rotatable bonds is 3. The number of fused-ring (bicyclic) bond motifs is 1. The molecule has 0 saturated heterocycles. The Labute approximate surface area is 92.7 Å². The zero-order valence-corrected chi connectivity index (χ0v) is 8.88. The lowest BCUT2D eigenvalue weighted by Crippen LogP contribution is -2.41. The first-order chi connectivity index (χ1) is 7.70. The number of imide groups is 1. The number of amides is 2. The zero-order chi connectivity index (χ0) is 11.7. The van der Waals surface area contributed by atoms with E-state index in [9.17, 15) is 9.59 Å². The van der Waals surface area contributed by atoms with Gasteiger partial charge in [0.1, 0.15) is 5.69 Å². The van der Waals surface area contributed by atoms with Gasteiger partial charge in [0.05, 0.1) is 18.2 Å². The second kappa shape index (κ2) is 4.02. The van der Waals surface area contributed by atoms with Crippen molar-refractivity contribution in [2.45, 2.75) is 19.4 Å². The predicted octanol–water partition coefficient (Wildman–Crippen LogP) is 0.449. The highest BCUT2D eigenvalue weighted by atomic mass is 16.3. The van der Waals surface area contributed by atoms with Crippen molar-refractivity contribution in [1.82, 2.24) is 9.88 Å². The van der Waals surface area contributed by atoms with Gasteiger partial charge < -0.3 is 5.11 Å². The molecular weight excluding hydrogens is 208 g/mol. The first-order valence-electron chi connectivity index (χ1n) is 5.14. The van der Waals surface area contributed by atoms with Crippen molar-refractivity contribution >= 4 is 11.8 Å². The van der Waals surface area contributed by atoms with E-state index in [0.29, 0.717) is 12.0 Å². The molecule has 5 nitrogen and oxygen atoms in total. The molecule has 1 aromatic rings. The van der Waals surface area contributed by atoms with Crippen LogP contribution in [0.1, 0.15) is 34.2 Å². The minimum atomic E-state index is -0.464. The van der Waals surface area contributed by atoms with Crippen molar-refractivity contribution < 1.29 is 14.7 Å². The maximum atomic E-state index is 11.9. The number of carbonyl (C=O) groups excluding carboxylic acids is 2. The average Bonchev–Trinajstić information content (AvgIpc) is 2.57. The highest BCUT2D eigenvalue weighted by molar-refractivity contribution is 6.20. The second-order valence-electron chi connectivity index (χ2n) is 3.62. The molecule has 2 rings (SSSR count). The molecule has 0 aromatic carbocycles. The summed E-state index contributed by atoms with van der Waals surface area (Å²) in [5.41, 5.74) is 0.499. The number of carbonyl (C=O) groups is 2. The van der Waals surface area contributed by atoms with E-state index in [-0.39, 0.29) is 18.2 Å². The van der Waals surface area contributed by atoms with Gasteiger partial charge in [-0.2, -0.15) is 0 Å². The van der Waals surface area contributed by atoms with Crippen LogP contribution in [0.25, 0.3) is 0 Å². The van der Waals surface area contributed by atoms with Crippen molar-refractivity contribution in [3.8, 4) is 0 Å². The average molecular weight is 220 g/mol. The first-order valence-corrected chi connectivity index (χ1v) is 5.14. The third-order valence-electron chi connectivity index (χ3n) is 2.73. The lowest BCUT2D eigenvalue weighted by Gasteiger charge is -2.22. The number of nitrogens with zero attached hydrogens (tertiary/aromatic N) is 2. The van der Waals surface area contributed by atoms with Crippen molar-refractivity contribution in [3.05, 3.63) is 29.6 Å². The van der Waals surface area contributed by atoms with Gasteiger partial charge in [-0.15, -0.1) is 0 Å². The largest absolute Gasteiger partial charge is 0.394 e. The number of hydrogen-bond acceptors (Lipinski definition) is 4. The molecule has 1 aliphatic heterocycles. The number of hydrogen-bond donors (Lipinski definition) is 1. The van der Waals surface area contributed by atoms with E-state index in [2.05, 4.69) is 4.98 Å². The molecule has 0 radical (unpaired) electrons. The van der Waals surface area contributed by atoms with E-state index in [0.717, 1.165) is 4.90 Å². The highest BCUT2D eigenvalue weighted by Gasteiger charge is 2.39. The Balaban J connectivity index is 2.42. The maximum absolute atomic E-state index is 11.9. The normalized spacial score (nSPS) is 16.5. The number of aliphatic hydroxyl groups excluding tert-OH is 1. The third kappa shape index (κ3) is 1.40. The fourth-order valence-corrected chi connectivity index (χ4v) is 1.81. The summed E-state index contributed by atoms with van der Waals surface area (Å²) >= 11 is 0. The smallest absolute Gasteiger partial charge is 0.280 e. The molecule has 0 saturated carbocycles. The van der Waals surface area contributed by atoms with Gasteiger partial charge >= 0.3 is 0 Å². The van der Waals surface area contributed by atoms with Crippen LogP contribution < -0.4 is 0 Å². The van der Waals surface area contributed by atoms with Crippen molar-refractivity contribution in [1.29, 1.82) is 0 Å². The van der Waals surface area contributed by atoms with Crippen LogP contribution in [0.15, 0.2) is 18.3 Å². The minimum absolute atomic E-state index is 0.180. The van der Waals surface area contributed by atoms with Crippen LogP contribution in [0.2, 0.25) is 0 Å². The van der Waals surface area contributed by atoms with Crippen LogP contribution in [0, 0.1) is 0 Å². The molecule has 1 aliphatic rings. The number of aromatic nitrogens is 1. The van der Waals surface area contributed by atoms with Gasteiger partial charge in [-0.1, -0.05) is 6.92 Å². The summed E-state index contributed by atoms with van der Waals surface area (Å²) in [4.78, 5) is 28.8. The SMILES string of the molecule is CCC(CO)N1C(=O)c2cccnc2C1=O. The Morgan fingerprint density at radius 2 is 2.19 bits per heavy atom. The summed E-state index contributed by atoms with van der Waals surface area (Å²) in [6.45, 7) is 1.60. The molecular formula is C11H12N2O3. The molecule has 1 atom stereocenters. The summed E-state index contributed by atoms with van der Waals surface area (Å²) in [6.07, 6.45) is 2.01. The first kappa shape index (κ1) is 10.8. The molecule has 2 heterocycles. The summed E-state index contributed by atoms with van der Waals surface area (Å²) in [7, 11) is 0.